The van der Waals surface area contributed by atoms with Crippen molar-refractivity contribution < 1.29 is 23.9 Å². The topological polar surface area (TPSA) is 93.6 Å². The van der Waals surface area contributed by atoms with Crippen LogP contribution in [-0.2, 0) is 14.3 Å². The van der Waals surface area contributed by atoms with Gasteiger partial charge in [0.05, 0.1) is 39.3 Å². The van der Waals surface area contributed by atoms with Crippen molar-refractivity contribution in [1.29, 1.82) is 0 Å². The number of nitrogens with zero attached hydrogens (tertiary/aromatic N) is 2. The molecule has 9 heteroatoms. The van der Waals surface area contributed by atoms with E-state index >= 15 is 0 Å². The summed E-state index contributed by atoms with van der Waals surface area (Å²) in [4.78, 5) is 58.6. The number of hydrogen-bond acceptors (Lipinski definition) is 6. The third-order valence-corrected chi connectivity index (χ3v) is 8.67. The number of imide groups is 1. The molecule has 7 nitrogen and oxygen atoms in total. The first-order valence-electron chi connectivity index (χ1n) is 13.8. The molecule has 0 saturated carbocycles. The van der Waals surface area contributed by atoms with Gasteiger partial charge >= 0.3 is 5.97 Å². The molecule has 0 bridgehead atoms. The van der Waals surface area contributed by atoms with Gasteiger partial charge in [0, 0.05) is 21.5 Å². The van der Waals surface area contributed by atoms with Gasteiger partial charge in [0.25, 0.3) is 0 Å². The number of allylic oxidation sites excluding steroid dienone is 2. The first-order chi connectivity index (χ1) is 20.6. The van der Waals surface area contributed by atoms with Crippen LogP contribution in [0.1, 0.15) is 39.6 Å². The summed E-state index contributed by atoms with van der Waals surface area (Å²) in [6.07, 6.45) is 4.53. The van der Waals surface area contributed by atoms with Crippen LogP contribution in [0.3, 0.4) is 0 Å². The second-order valence-corrected chi connectivity index (χ2v) is 11.7. The Morgan fingerprint density at radius 2 is 1.74 bits per heavy atom. The summed E-state index contributed by atoms with van der Waals surface area (Å²) in [5, 5.41) is 1.15. The van der Waals surface area contributed by atoms with Crippen LogP contribution in [0.15, 0.2) is 78.9 Å². The van der Waals surface area contributed by atoms with Crippen molar-refractivity contribution in [2.45, 2.75) is 20.3 Å². The van der Waals surface area contributed by atoms with Crippen molar-refractivity contribution in [3.05, 3.63) is 106 Å². The van der Waals surface area contributed by atoms with Gasteiger partial charge in [0.2, 0.25) is 17.6 Å². The average Bonchev–Trinajstić information content (AvgIpc) is 3.25. The molecule has 6 rings (SSSR count). The number of ether oxygens (including phenoxy) is 1. The lowest BCUT2D eigenvalue weighted by molar-refractivity contribution is -0.122. The van der Waals surface area contributed by atoms with Crippen LogP contribution < -0.4 is 4.90 Å². The maximum atomic E-state index is 13.3. The molecule has 4 aromatic rings. The molecule has 43 heavy (non-hydrogen) atoms. The molecule has 0 N–H and O–H groups in total. The van der Waals surface area contributed by atoms with E-state index < -0.39 is 18.4 Å². The number of benzene rings is 3. The number of ketones is 1. The minimum absolute atomic E-state index is 0.00107. The standard InChI is InChI=1S/C34H26Cl2N2O5/c1-18-5-3-8-25-30(18)33(41)38(32(25)40)22-12-9-20(10-13-22)28-16-26(23-7-4-6-19(2)31(23)37-28)34(42)43-17-29(39)24-14-11-21(35)15-27(24)36/h3-7,9-16,18,25,30H,8,17H2,1-2H3. The Morgan fingerprint density at radius 1 is 0.977 bits per heavy atom. The number of fused-ring (bicyclic) bond motifs is 2. The molecule has 2 amide bonds. The van der Waals surface area contributed by atoms with Crippen molar-refractivity contribution in [3.63, 3.8) is 0 Å². The molecule has 3 unspecified atom stereocenters. The monoisotopic (exact) mass is 612 g/mol. The number of anilines is 1. The van der Waals surface area contributed by atoms with E-state index in [0.717, 1.165) is 5.56 Å². The molecule has 216 valence electrons. The van der Waals surface area contributed by atoms with Crippen LogP contribution >= 0.6 is 23.2 Å². The van der Waals surface area contributed by atoms with E-state index in [2.05, 4.69) is 0 Å². The van der Waals surface area contributed by atoms with E-state index in [0.29, 0.717) is 39.3 Å². The van der Waals surface area contributed by atoms with Gasteiger partial charge in [0.15, 0.2) is 6.61 Å². The molecule has 2 aliphatic rings. The third kappa shape index (κ3) is 5.24. The van der Waals surface area contributed by atoms with Crippen molar-refractivity contribution >= 4 is 63.4 Å². The minimum atomic E-state index is -0.687. The fourth-order valence-electron chi connectivity index (χ4n) is 5.89. The van der Waals surface area contributed by atoms with E-state index in [4.69, 9.17) is 32.9 Å². The molecule has 1 aliphatic carbocycles. The van der Waals surface area contributed by atoms with Crippen LogP contribution in [0.5, 0.6) is 0 Å². The number of carbonyl (C=O) groups excluding carboxylic acids is 4. The third-order valence-electron chi connectivity index (χ3n) is 8.12. The van der Waals surface area contributed by atoms with Crippen LogP contribution in [0.2, 0.25) is 10.0 Å². The molecular weight excluding hydrogens is 587 g/mol. The number of amides is 2. The predicted molar refractivity (Wildman–Crippen MR) is 165 cm³/mol. The average molecular weight is 613 g/mol. The van der Waals surface area contributed by atoms with Gasteiger partial charge in [-0.1, -0.05) is 72.6 Å². The first-order valence-corrected chi connectivity index (χ1v) is 14.6. The number of hydrogen-bond donors (Lipinski definition) is 0. The Bertz CT molecular complexity index is 1850. The summed E-state index contributed by atoms with van der Waals surface area (Å²) in [6.45, 7) is 3.35. The Labute approximate surface area is 258 Å². The quantitative estimate of drug-likeness (QED) is 0.0984. The van der Waals surface area contributed by atoms with Gasteiger partial charge in [-0.05, 0) is 61.2 Å². The van der Waals surface area contributed by atoms with Crippen LogP contribution in [-0.4, -0.2) is 35.2 Å². The van der Waals surface area contributed by atoms with Gasteiger partial charge in [-0.2, -0.15) is 0 Å². The van der Waals surface area contributed by atoms with E-state index in [1.165, 1.54) is 17.0 Å². The molecular formula is C34H26Cl2N2O5. The highest BCUT2D eigenvalue weighted by molar-refractivity contribution is 6.37. The normalized spacial score (nSPS) is 19.5. The molecule has 2 heterocycles. The highest BCUT2D eigenvalue weighted by Crippen LogP contribution is 2.41. The molecule has 3 atom stereocenters. The molecule has 1 saturated heterocycles. The van der Waals surface area contributed by atoms with Crippen LogP contribution in [0, 0.1) is 24.7 Å². The Balaban J connectivity index is 1.29. The highest BCUT2D eigenvalue weighted by atomic mass is 35.5. The lowest BCUT2D eigenvalue weighted by atomic mass is 9.78. The Morgan fingerprint density at radius 3 is 2.47 bits per heavy atom. The Kier molecular flexibility index (Phi) is 7.63. The lowest BCUT2D eigenvalue weighted by Gasteiger charge is -2.22. The van der Waals surface area contributed by atoms with Gasteiger partial charge in [0.1, 0.15) is 0 Å². The first kappa shape index (κ1) is 28.8. The van der Waals surface area contributed by atoms with Crippen molar-refractivity contribution in [2.75, 3.05) is 11.5 Å². The number of halogens is 2. The fourth-order valence-corrected chi connectivity index (χ4v) is 6.41. The fraction of sp³-hybridized carbons (Fsp3) is 0.206. The number of aromatic nitrogens is 1. The molecule has 1 fully saturated rings. The van der Waals surface area contributed by atoms with E-state index in [1.54, 1.807) is 42.5 Å². The van der Waals surface area contributed by atoms with Crippen molar-refractivity contribution in [3.8, 4) is 11.3 Å². The summed E-state index contributed by atoms with van der Waals surface area (Å²) in [7, 11) is 0. The number of esters is 1. The van der Waals surface area contributed by atoms with Crippen LogP contribution in [0.4, 0.5) is 5.69 Å². The van der Waals surface area contributed by atoms with Gasteiger partial charge in [-0.15, -0.1) is 0 Å². The summed E-state index contributed by atoms with van der Waals surface area (Å²) < 4.78 is 5.44. The zero-order valence-electron chi connectivity index (χ0n) is 23.3. The summed E-state index contributed by atoms with van der Waals surface area (Å²) in [6, 6.07) is 18.6. The minimum Gasteiger partial charge on any atom is -0.454 e. The predicted octanol–water partition coefficient (Wildman–Crippen LogP) is 7.26. The number of para-hydroxylation sites is 1. The van der Waals surface area contributed by atoms with Gasteiger partial charge < -0.3 is 4.74 Å². The summed E-state index contributed by atoms with van der Waals surface area (Å²) in [5.41, 5.74) is 3.59. The largest absolute Gasteiger partial charge is 0.454 e. The number of aryl methyl sites for hydroxylation is 1. The summed E-state index contributed by atoms with van der Waals surface area (Å²) in [5.74, 6) is -2.20. The van der Waals surface area contributed by atoms with E-state index in [-0.39, 0.29) is 45.7 Å². The van der Waals surface area contributed by atoms with Crippen molar-refractivity contribution in [1.82, 2.24) is 4.98 Å². The zero-order chi connectivity index (χ0) is 30.4. The van der Waals surface area contributed by atoms with Gasteiger partial charge in [-0.3, -0.25) is 19.3 Å². The maximum Gasteiger partial charge on any atom is 0.339 e. The summed E-state index contributed by atoms with van der Waals surface area (Å²) >= 11 is 12.1. The Hall–Kier alpha value is -4.33. The van der Waals surface area contributed by atoms with E-state index in [9.17, 15) is 19.2 Å². The van der Waals surface area contributed by atoms with Gasteiger partial charge in [-0.25, -0.2) is 9.78 Å². The maximum absolute atomic E-state index is 13.3. The number of carbonyl (C=O) groups is 4. The lowest BCUT2D eigenvalue weighted by Crippen LogP contribution is -2.31. The second kappa shape index (κ2) is 11.4. The molecule has 3 aromatic carbocycles. The SMILES string of the molecule is Cc1cccc2c(C(=O)OCC(=O)c3ccc(Cl)cc3Cl)cc(-c3ccc(N4C(=O)C5CC=CC(C)C5C4=O)cc3)nc12. The molecule has 0 radical (unpaired) electrons. The molecule has 1 aliphatic heterocycles. The second-order valence-electron chi connectivity index (χ2n) is 10.9. The number of Topliss-reactive ketones (excluding diaryl/α,β-unsaturated/α-hetero) is 1. The highest BCUT2D eigenvalue weighted by Gasteiger charge is 2.50. The number of rotatable bonds is 6. The van der Waals surface area contributed by atoms with Crippen molar-refractivity contribution in [2.24, 2.45) is 17.8 Å². The smallest absolute Gasteiger partial charge is 0.339 e. The molecule has 0 spiro atoms. The zero-order valence-corrected chi connectivity index (χ0v) is 24.9. The van der Waals surface area contributed by atoms with Crippen LogP contribution in [0.25, 0.3) is 22.2 Å². The van der Waals surface area contributed by atoms with E-state index in [1.807, 2.05) is 38.1 Å². The molecule has 1 aromatic heterocycles. The number of pyridine rings is 1.